The molecule has 0 fully saturated rings. The standard InChI is InChI=1S/C15H24ClNO2S/c1-3-4-5-6-9-13(2)17-20(18,19)12-14-10-7-8-11-15(14)16/h7-8,10-11,13,17H,3-6,9,12H2,1-2H3. The van der Waals surface area contributed by atoms with Crippen molar-refractivity contribution in [3.63, 3.8) is 0 Å². The van der Waals surface area contributed by atoms with Gasteiger partial charge in [-0.25, -0.2) is 13.1 Å². The molecule has 0 bridgehead atoms. The maximum Gasteiger partial charge on any atom is 0.216 e. The first-order valence-corrected chi connectivity index (χ1v) is 9.21. The fraction of sp³-hybridized carbons (Fsp3) is 0.600. The van der Waals surface area contributed by atoms with Crippen LogP contribution in [0.3, 0.4) is 0 Å². The van der Waals surface area contributed by atoms with Gasteiger partial charge in [-0.2, -0.15) is 0 Å². The predicted molar refractivity (Wildman–Crippen MR) is 85.4 cm³/mol. The zero-order chi connectivity index (χ0) is 15.0. The topological polar surface area (TPSA) is 46.2 Å². The minimum atomic E-state index is -3.33. The molecule has 5 heteroatoms. The number of unbranched alkanes of at least 4 members (excludes halogenated alkanes) is 3. The highest BCUT2D eigenvalue weighted by Gasteiger charge is 2.16. The second-order valence-electron chi connectivity index (χ2n) is 5.22. The van der Waals surface area contributed by atoms with Crippen LogP contribution in [0.4, 0.5) is 0 Å². The van der Waals surface area contributed by atoms with E-state index in [2.05, 4.69) is 11.6 Å². The maximum absolute atomic E-state index is 12.1. The summed E-state index contributed by atoms with van der Waals surface area (Å²) in [5.41, 5.74) is 0.639. The maximum atomic E-state index is 12.1. The molecule has 0 saturated heterocycles. The lowest BCUT2D eigenvalue weighted by molar-refractivity contribution is 0.521. The van der Waals surface area contributed by atoms with Gasteiger partial charge in [-0.3, -0.25) is 0 Å². The van der Waals surface area contributed by atoms with E-state index in [4.69, 9.17) is 11.6 Å². The molecule has 0 radical (unpaired) electrons. The van der Waals surface area contributed by atoms with E-state index in [1.165, 1.54) is 12.8 Å². The van der Waals surface area contributed by atoms with Crippen molar-refractivity contribution in [2.24, 2.45) is 0 Å². The van der Waals surface area contributed by atoms with Crippen LogP contribution in [0.25, 0.3) is 0 Å². The van der Waals surface area contributed by atoms with Crippen molar-refractivity contribution in [1.82, 2.24) is 4.72 Å². The molecule has 0 amide bonds. The number of sulfonamides is 1. The Morgan fingerprint density at radius 3 is 2.55 bits per heavy atom. The Hall–Kier alpha value is -0.580. The Kier molecular flexibility index (Phi) is 7.56. The molecule has 0 aromatic heterocycles. The molecule has 0 aliphatic carbocycles. The first-order chi connectivity index (χ1) is 9.44. The van der Waals surface area contributed by atoms with E-state index in [1.807, 2.05) is 6.92 Å². The molecule has 114 valence electrons. The van der Waals surface area contributed by atoms with Gasteiger partial charge in [0.1, 0.15) is 0 Å². The fourth-order valence-electron chi connectivity index (χ4n) is 2.10. The van der Waals surface area contributed by atoms with Gasteiger partial charge in [0.25, 0.3) is 0 Å². The monoisotopic (exact) mass is 317 g/mol. The third-order valence-corrected chi connectivity index (χ3v) is 5.00. The SMILES string of the molecule is CCCCCCC(C)NS(=O)(=O)Cc1ccccc1Cl. The fourth-order valence-corrected chi connectivity index (χ4v) is 3.86. The van der Waals surface area contributed by atoms with Crippen LogP contribution in [0.15, 0.2) is 24.3 Å². The van der Waals surface area contributed by atoms with E-state index in [0.717, 1.165) is 19.3 Å². The first kappa shape index (κ1) is 17.5. The molecule has 0 saturated carbocycles. The number of hydrogen-bond donors (Lipinski definition) is 1. The molecule has 0 aliphatic heterocycles. The molecule has 0 heterocycles. The molecular formula is C15H24ClNO2S. The van der Waals surface area contributed by atoms with Crippen LogP contribution < -0.4 is 4.72 Å². The first-order valence-electron chi connectivity index (χ1n) is 7.18. The van der Waals surface area contributed by atoms with Crippen LogP contribution in [0.1, 0.15) is 51.5 Å². The minimum absolute atomic E-state index is 0.0284. The molecule has 1 unspecified atom stereocenters. The molecule has 1 aromatic rings. The highest BCUT2D eigenvalue weighted by atomic mass is 35.5. The summed E-state index contributed by atoms with van der Waals surface area (Å²) in [5.74, 6) is -0.0635. The van der Waals surface area contributed by atoms with E-state index < -0.39 is 10.0 Å². The van der Waals surface area contributed by atoms with E-state index >= 15 is 0 Å². The van der Waals surface area contributed by atoms with Gasteiger partial charge in [0, 0.05) is 11.1 Å². The molecular weight excluding hydrogens is 294 g/mol. The van der Waals surface area contributed by atoms with Crippen molar-refractivity contribution in [3.05, 3.63) is 34.9 Å². The summed E-state index contributed by atoms with van der Waals surface area (Å²) in [4.78, 5) is 0. The van der Waals surface area contributed by atoms with Crippen molar-refractivity contribution < 1.29 is 8.42 Å². The van der Waals surface area contributed by atoms with E-state index in [-0.39, 0.29) is 11.8 Å². The molecule has 3 nitrogen and oxygen atoms in total. The minimum Gasteiger partial charge on any atom is -0.212 e. The zero-order valence-electron chi connectivity index (χ0n) is 12.2. The average Bonchev–Trinajstić information content (AvgIpc) is 2.36. The zero-order valence-corrected chi connectivity index (χ0v) is 13.8. The van der Waals surface area contributed by atoms with E-state index in [0.29, 0.717) is 10.6 Å². The normalized spacial score (nSPS) is 13.3. The quantitative estimate of drug-likeness (QED) is 0.696. The number of benzene rings is 1. The Morgan fingerprint density at radius 1 is 1.20 bits per heavy atom. The van der Waals surface area contributed by atoms with Crippen LogP contribution in [0.5, 0.6) is 0 Å². The third kappa shape index (κ3) is 6.73. The van der Waals surface area contributed by atoms with Crippen molar-refractivity contribution in [3.8, 4) is 0 Å². The molecule has 1 atom stereocenters. The Bertz CT molecular complexity index is 502. The summed E-state index contributed by atoms with van der Waals surface area (Å²) in [7, 11) is -3.33. The molecule has 20 heavy (non-hydrogen) atoms. The lowest BCUT2D eigenvalue weighted by Gasteiger charge is -2.14. The summed E-state index contributed by atoms with van der Waals surface area (Å²) in [5, 5.41) is 0.494. The largest absolute Gasteiger partial charge is 0.216 e. The number of hydrogen-bond acceptors (Lipinski definition) is 2. The smallest absolute Gasteiger partial charge is 0.212 e. The third-order valence-electron chi connectivity index (χ3n) is 3.17. The highest BCUT2D eigenvalue weighted by molar-refractivity contribution is 7.88. The molecule has 1 rings (SSSR count). The molecule has 0 spiro atoms. The molecule has 0 aliphatic rings. The van der Waals surface area contributed by atoms with Gasteiger partial charge in [-0.05, 0) is 25.0 Å². The second kappa shape index (κ2) is 8.65. The lowest BCUT2D eigenvalue weighted by Crippen LogP contribution is -2.33. The average molecular weight is 318 g/mol. The van der Waals surface area contributed by atoms with Crippen LogP contribution in [-0.2, 0) is 15.8 Å². The van der Waals surface area contributed by atoms with Crippen molar-refractivity contribution in [1.29, 1.82) is 0 Å². The van der Waals surface area contributed by atoms with Crippen LogP contribution >= 0.6 is 11.6 Å². The summed E-state index contributed by atoms with van der Waals surface area (Å²) in [6, 6.07) is 7.01. The summed E-state index contributed by atoms with van der Waals surface area (Å²) < 4.78 is 26.9. The Balaban J connectivity index is 2.47. The van der Waals surface area contributed by atoms with Gasteiger partial charge in [0.15, 0.2) is 0 Å². The van der Waals surface area contributed by atoms with Gasteiger partial charge in [0.2, 0.25) is 10.0 Å². The van der Waals surface area contributed by atoms with Crippen LogP contribution in [-0.4, -0.2) is 14.5 Å². The van der Waals surface area contributed by atoms with Gasteiger partial charge >= 0.3 is 0 Å². The Morgan fingerprint density at radius 2 is 1.90 bits per heavy atom. The van der Waals surface area contributed by atoms with Crippen LogP contribution in [0.2, 0.25) is 5.02 Å². The van der Waals surface area contributed by atoms with Crippen molar-refractivity contribution >= 4 is 21.6 Å². The Labute approximate surface area is 127 Å². The van der Waals surface area contributed by atoms with Gasteiger partial charge in [0.05, 0.1) is 5.75 Å². The summed E-state index contributed by atoms with van der Waals surface area (Å²) in [6.07, 6.45) is 5.49. The number of rotatable bonds is 9. The summed E-state index contributed by atoms with van der Waals surface area (Å²) >= 11 is 5.99. The number of nitrogens with one attached hydrogen (secondary N) is 1. The van der Waals surface area contributed by atoms with Crippen LogP contribution in [0, 0.1) is 0 Å². The highest BCUT2D eigenvalue weighted by Crippen LogP contribution is 2.17. The van der Waals surface area contributed by atoms with Gasteiger partial charge < -0.3 is 0 Å². The number of halogens is 1. The van der Waals surface area contributed by atoms with Gasteiger partial charge in [-0.1, -0.05) is 62.4 Å². The molecule has 1 N–H and O–H groups in total. The molecule has 1 aromatic carbocycles. The van der Waals surface area contributed by atoms with Gasteiger partial charge in [-0.15, -0.1) is 0 Å². The second-order valence-corrected chi connectivity index (χ2v) is 7.38. The van der Waals surface area contributed by atoms with Crippen molar-refractivity contribution in [2.75, 3.05) is 0 Å². The lowest BCUT2D eigenvalue weighted by atomic mass is 10.1. The predicted octanol–water partition coefficient (Wildman–Crippen LogP) is 4.12. The van der Waals surface area contributed by atoms with E-state index in [1.54, 1.807) is 24.3 Å². The summed E-state index contributed by atoms with van der Waals surface area (Å²) in [6.45, 7) is 4.08. The van der Waals surface area contributed by atoms with E-state index in [9.17, 15) is 8.42 Å². The van der Waals surface area contributed by atoms with Crippen molar-refractivity contribution in [2.45, 2.75) is 57.7 Å².